The summed E-state index contributed by atoms with van der Waals surface area (Å²) in [5, 5.41) is 6.49. The Morgan fingerprint density at radius 2 is 2.03 bits per heavy atom. The average molecular weight is 498 g/mol. The number of nitrogens with zero attached hydrogens (tertiary/aromatic N) is 6. The summed E-state index contributed by atoms with van der Waals surface area (Å²) >= 11 is 1.61. The van der Waals surface area contributed by atoms with Gasteiger partial charge in [0.2, 0.25) is 0 Å². The number of nitrogens with one attached hydrogen (secondary N) is 1. The second kappa shape index (κ2) is 10.7. The van der Waals surface area contributed by atoms with E-state index in [1.165, 1.54) is 0 Å². The third kappa shape index (κ3) is 5.04. The molecule has 4 heterocycles. The topological polar surface area (TPSA) is 88.4 Å². The van der Waals surface area contributed by atoms with E-state index in [0.717, 1.165) is 34.3 Å². The van der Waals surface area contributed by atoms with Gasteiger partial charge in [-0.1, -0.05) is 6.92 Å². The van der Waals surface area contributed by atoms with Crippen molar-refractivity contribution in [1.82, 2.24) is 19.5 Å². The van der Waals surface area contributed by atoms with Gasteiger partial charge in [0.25, 0.3) is 5.56 Å². The van der Waals surface area contributed by atoms with Crippen LogP contribution in [0, 0.1) is 6.92 Å². The number of ether oxygens (including phenoxy) is 1. The quantitative estimate of drug-likeness (QED) is 0.481. The van der Waals surface area contributed by atoms with Gasteiger partial charge in [0, 0.05) is 63.7 Å². The van der Waals surface area contributed by atoms with Crippen LogP contribution in [0.3, 0.4) is 0 Å². The summed E-state index contributed by atoms with van der Waals surface area (Å²) in [7, 11) is 3.93. The second-order valence-corrected chi connectivity index (χ2v) is 9.75. The molecular formula is C25H35N7O2S. The molecule has 0 spiro atoms. The Balaban J connectivity index is 1.72. The number of aromatic nitrogens is 4. The second-order valence-electron chi connectivity index (χ2n) is 8.88. The number of aryl methyl sites for hydroxylation is 2. The van der Waals surface area contributed by atoms with E-state index < -0.39 is 0 Å². The predicted octanol–water partition coefficient (Wildman–Crippen LogP) is 3.42. The molecule has 1 saturated heterocycles. The van der Waals surface area contributed by atoms with E-state index in [0.29, 0.717) is 37.6 Å². The molecular weight excluding hydrogens is 462 g/mol. The fraction of sp³-hybridized carbons (Fsp3) is 0.520. The maximum atomic E-state index is 13.8. The van der Waals surface area contributed by atoms with Crippen LogP contribution < -0.4 is 20.7 Å². The Morgan fingerprint density at radius 1 is 1.23 bits per heavy atom. The third-order valence-corrected chi connectivity index (χ3v) is 7.19. The zero-order valence-corrected chi connectivity index (χ0v) is 22.2. The zero-order chi connectivity index (χ0) is 25.1. The first-order valence-corrected chi connectivity index (χ1v) is 13.1. The molecule has 9 nitrogen and oxygen atoms in total. The van der Waals surface area contributed by atoms with Crippen molar-refractivity contribution in [2.75, 3.05) is 48.9 Å². The number of rotatable bonds is 9. The first-order valence-electron chi connectivity index (χ1n) is 12.2. The molecule has 0 aromatic carbocycles. The van der Waals surface area contributed by atoms with Gasteiger partial charge in [-0.15, -0.1) is 11.3 Å². The van der Waals surface area contributed by atoms with E-state index in [-0.39, 0.29) is 17.7 Å². The molecule has 1 N–H and O–H groups in total. The minimum absolute atomic E-state index is 0.0439. The Labute approximate surface area is 210 Å². The first-order chi connectivity index (χ1) is 16.9. The Kier molecular flexibility index (Phi) is 7.71. The maximum Gasteiger partial charge on any atom is 0.277 e. The van der Waals surface area contributed by atoms with Gasteiger partial charge in [-0.25, -0.2) is 15.0 Å². The molecule has 0 saturated carbocycles. The number of anilines is 3. The monoisotopic (exact) mass is 497 g/mol. The molecule has 3 aromatic rings. The van der Waals surface area contributed by atoms with Gasteiger partial charge in [-0.2, -0.15) is 0 Å². The molecule has 0 bridgehead atoms. The van der Waals surface area contributed by atoms with Crippen molar-refractivity contribution >= 4 is 28.0 Å². The van der Waals surface area contributed by atoms with Crippen molar-refractivity contribution in [3.8, 4) is 11.4 Å². The summed E-state index contributed by atoms with van der Waals surface area (Å²) in [6, 6.07) is 1.98. The molecule has 1 aliphatic rings. The van der Waals surface area contributed by atoms with Gasteiger partial charge in [0.1, 0.15) is 17.3 Å². The van der Waals surface area contributed by atoms with Crippen molar-refractivity contribution in [3.63, 3.8) is 0 Å². The van der Waals surface area contributed by atoms with Gasteiger partial charge < -0.3 is 19.9 Å². The normalized spacial score (nSPS) is 17.7. The summed E-state index contributed by atoms with van der Waals surface area (Å²) < 4.78 is 7.80. The zero-order valence-electron chi connectivity index (χ0n) is 21.4. The summed E-state index contributed by atoms with van der Waals surface area (Å²) in [5.74, 6) is 1.53. The highest BCUT2D eigenvalue weighted by atomic mass is 32.1. The predicted molar refractivity (Wildman–Crippen MR) is 143 cm³/mol. The fourth-order valence-corrected chi connectivity index (χ4v) is 5.19. The maximum absolute atomic E-state index is 13.8. The van der Waals surface area contributed by atoms with Crippen molar-refractivity contribution in [3.05, 3.63) is 45.5 Å². The van der Waals surface area contributed by atoms with Gasteiger partial charge in [0.15, 0.2) is 5.13 Å². The van der Waals surface area contributed by atoms with Gasteiger partial charge in [-0.3, -0.25) is 9.36 Å². The molecule has 0 radical (unpaired) electrons. The summed E-state index contributed by atoms with van der Waals surface area (Å²) in [6.45, 7) is 10.6. The molecule has 4 rings (SSSR count). The lowest BCUT2D eigenvalue weighted by Gasteiger charge is -2.23. The van der Waals surface area contributed by atoms with Crippen LogP contribution in [0.1, 0.15) is 32.0 Å². The first kappa shape index (κ1) is 25.1. The van der Waals surface area contributed by atoms with Crippen molar-refractivity contribution < 1.29 is 4.74 Å². The largest absolute Gasteiger partial charge is 0.374 e. The average Bonchev–Trinajstić information content (AvgIpc) is 3.51. The van der Waals surface area contributed by atoms with Crippen molar-refractivity contribution in [1.29, 1.82) is 0 Å². The Bertz CT molecular complexity index is 1210. The lowest BCUT2D eigenvalue weighted by Crippen LogP contribution is -2.38. The Hall–Kier alpha value is -2.98. The number of pyridine rings is 1. The van der Waals surface area contributed by atoms with Gasteiger partial charge in [0.05, 0.1) is 17.8 Å². The highest BCUT2D eigenvalue weighted by Gasteiger charge is 2.35. The highest BCUT2D eigenvalue weighted by molar-refractivity contribution is 7.13. The minimum Gasteiger partial charge on any atom is -0.374 e. The van der Waals surface area contributed by atoms with E-state index in [1.54, 1.807) is 15.9 Å². The van der Waals surface area contributed by atoms with Crippen LogP contribution in [0.4, 0.5) is 16.6 Å². The number of hydrogen-bond donors (Lipinski definition) is 1. The van der Waals surface area contributed by atoms with Crippen LogP contribution >= 0.6 is 11.3 Å². The summed E-state index contributed by atoms with van der Waals surface area (Å²) in [4.78, 5) is 32.0. The van der Waals surface area contributed by atoms with Crippen LogP contribution in [0.5, 0.6) is 0 Å². The van der Waals surface area contributed by atoms with Crippen LogP contribution in [0.25, 0.3) is 11.4 Å². The lowest BCUT2D eigenvalue weighted by molar-refractivity contribution is 0.0720. The van der Waals surface area contributed by atoms with Crippen LogP contribution in [-0.2, 0) is 17.7 Å². The third-order valence-electron chi connectivity index (χ3n) is 6.36. The summed E-state index contributed by atoms with van der Waals surface area (Å²) in [5.41, 5.74) is 3.16. The highest BCUT2D eigenvalue weighted by Crippen LogP contribution is 2.28. The number of thiazole rings is 1. The molecule has 3 aromatic heterocycles. The van der Waals surface area contributed by atoms with E-state index in [9.17, 15) is 4.79 Å². The molecule has 0 aliphatic carbocycles. The molecule has 35 heavy (non-hydrogen) atoms. The van der Waals surface area contributed by atoms with Gasteiger partial charge in [-0.05, 0) is 38.8 Å². The SMILES string of the molecule is CCOC1CN(c2nccs2)CC1Nc1c(CC)nc(-c2cnc(N(C)C)cc2C)n(CC)c1=O. The minimum atomic E-state index is -0.0617. The van der Waals surface area contributed by atoms with Crippen LogP contribution in [-0.4, -0.2) is 65.5 Å². The summed E-state index contributed by atoms with van der Waals surface area (Å²) in [6.07, 6.45) is 4.22. The molecule has 2 unspecified atom stereocenters. The smallest absolute Gasteiger partial charge is 0.277 e. The molecule has 1 fully saturated rings. The standard InChI is InChI=1S/C25H35N7O2S/c1-7-18-22(28-19-14-31(15-20(19)34-9-3)25-26-10-11-35-25)24(33)32(8-2)23(29-18)17-13-27-21(30(5)6)12-16(17)4/h10-13,19-20,28H,7-9,14-15H2,1-6H3. The van der Waals surface area contributed by atoms with Gasteiger partial charge >= 0.3 is 0 Å². The molecule has 0 amide bonds. The lowest BCUT2D eigenvalue weighted by atomic mass is 10.1. The molecule has 188 valence electrons. The molecule has 10 heteroatoms. The van der Waals surface area contributed by atoms with Crippen LogP contribution in [0.2, 0.25) is 0 Å². The Morgan fingerprint density at radius 3 is 2.63 bits per heavy atom. The van der Waals surface area contributed by atoms with Crippen LogP contribution in [0.15, 0.2) is 28.6 Å². The van der Waals surface area contributed by atoms with E-state index in [2.05, 4.69) is 20.2 Å². The van der Waals surface area contributed by atoms with Crippen molar-refractivity contribution in [2.24, 2.45) is 0 Å². The molecule has 2 atom stereocenters. The fourth-order valence-electron chi connectivity index (χ4n) is 4.53. The van der Waals surface area contributed by atoms with E-state index >= 15 is 0 Å². The number of hydrogen-bond acceptors (Lipinski definition) is 9. The molecule has 1 aliphatic heterocycles. The van der Waals surface area contributed by atoms with E-state index in [1.807, 2.05) is 70.5 Å². The van der Waals surface area contributed by atoms with E-state index in [4.69, 9.17) is 9.72 Å². The van der Waals surface area contributed by atoms with Crippen molar-refractivity contribution in [2.45, 2.75) is 52.8 Å².